The Hall–Kier alpha value is -5.09. The predicted octanol–water partition coefficient (Wildman–Crippen LogP) is 7.16. The van der Waals surface area contributed by atoms with Gasteiger partial charge in [0.05, 0.1) is 34.8 Å². The van der Waals surface area contributed by atoms with Gasteiger partial charge in [0.25, 0.3) is 5.91 Å². The largest absolute Gasteiger partial charge is 0.463 e. The Labute approximate surface area is 238 Å². The quantitative estimate of drug-likeness (QED) is 0.193. The number of rotatable bonds is 8. The Morgan fingerprint density at radius 3 is 2.22 bits per heavy atom. The maximum atomic E-state index is 13.1. The number of carbonyl (C=O) groups is 2. The zero-order valence-electron chi connectivity index (χ0n) is 22.2. The highest BCUT2D eigenvalue weighted by molar-refractivity contribution is 7.14. The Kier molecular flexibility index (Phi) is 7.13. The van der Waals surface area contributed by atoms with E-state index in [0.29, 0.717) is 39.1 Å². The average molecular weight is 565 g/mol. The van der Waals surface area contributed by atoms with Crippen LogP contribution in [-0.4, -0.2) is 32.9 Å². The SMILES string of the molecule is CCC(OC(=O)c1ccc2nc(-c3ccco3)c(-c3ccco3)nc2c1)C(=O)Nc1nc(-c2ccc(C)cc2)cs1. The number of esters is 1. The molecule has 0 aliphatic heterocycles. The Bertz CT molecular complexity index is 1830. The molecule has 9 nitrogen and oxygen atoms in total. The van der Waals surface area contributed by atoms with Crippen LogP contribution in [0.15, 0.2) is 93.5 Å². The summed E-state index contributed by atoms with van der Waals surface area (Å²) in [5.74, 6) is -0.0502. The number of thiazole rings is 1. The van der Waals surface area contributed by atoms with Gasteiger partial charge in [0, 0.05) is 10.9 Å². The predicted molar refractivity (Wildman–Crippen MR) is 155 cm³/mol. The van der Waals surface area contributed by atoms with Crippen LogP contribution in [0.2, 0.25) is 0 Å². The zero-order valence-corrected chi connectivity index (χ0v) is 23.0. The van der Waals surface area contributed by atoms with Gasteiger partial charge in [-0.1, -0.05) is 36.8 Å². The number of nitrogens with one attached hydrogen (secondary N) is 1. The van der Waals surface area contributed by atoms with Crippen LogP contribution in [0.3, 0.4) is 0 Å². The first-order valence-electron chi connectivity index (χ1n) is 12.9. The second-order valence-corrected chi connectivity index (χ2v) is 10.1. The van der Waals surface area contributed by atoms with Crippen LogP contribution >= 0.6 is 11.3 Å². The second kappa shape index (κ2) is 11.2. The van der Waals surface area contributed by atoms with Crippen LogP contribution in [0.5, 0.6) is 0 Å². The van der Waals surface area contributed by atoms with Crippen molar-refractivity contribution in [2.75, 3.05) is 5.32 Å². The Morgan fingerprint density at radius 2 is 1.59 bits per heavy atom. The summed E-state index contributed by atoms with van der Waals surface area (Å²) in [6.45, 7) is 3.79. The smallest absolute Gasteiger partial charge is 0.338 e. The van der Waals surface area contributed by atoms with Gasteiger partial charge in [-0.3, -0.25) is 10.1 Å². The standard InChI is InChI=1S/C31H24N4O5S/c1-3-24(29(36)35-31-34-23(17-41-31)19-10-8-18(2)9-11-19)40-30(37)20-12-13-21-22(16-20)33-28(26-7-5-15-39-26)27(32-21)25-6-4-14-38-25/h4-17,24H,3H2,1-2H3,(H,34,35,36). The lowest BCUT2D eigenvalue weighted by molar-refractivity contribution is -0.124. The molecule has 6 aromatic rings. The highest BCUT2D eigenvalue weighted by atomic mass is 32.1. The molecule has 0 saturated carbocycles. The van der Waals surface area contributed by atoms with Crippen molar-refractivity contribution in [3.05, 3.63) is 95.8 Å². The van der Waals surface area contributed by atoms with Gasteiger partial charge in [0.2, 0.25) is 0 Å². The van der Waals surface area contributed by atoms with Crippen molar-refractivity contribution in [2.24, 2.45) is 0 Å². The van der Waals surface area contributed by atoms with Crippen LogP contribution in [0.25, 0.3) is 45.2 Å². The van der Waals surface area contributed by atoms with Crippen molar-refractivity contribution in [3.8, 4) is 34.2 Å². The van der Waals surface area contributed by atoms with Crippen molar-refractivity contribution in [3.63, 3.8) is 0 Å². The molecular weight excluding hydrogens is 540 g/mol. The maximum absolute atomic E-state index is 13.1. The molecule has 0 bridgehead atoms. The van der Waals surface area contributed by atoms with Crippen LogP contribution in [0, 0.1) is 6.92 Å². The summed E-state index contributed by atoms with van der Waals surface area (Å²) in [6.07, 6.45) is 2.39. The van der Waals surface area contributed by atoms with E-state index in [1.807, 2.05) is 36.6 Å². The number of fused-ring (bicyclic) bond motifs is 1. The molecule has 4 aromatic heterocycles. The first-order chi connectivity index (χ1) is 20.0. The number of hydrogen-bond acceptors (Lipinski definition) is 9. The van der Waals surface area contributed by atoms with Gasteiger partial charge in [-0.15, -0.1) is 11.3 Å². The number of benzene rings is 2. The molecule has 0 saturated heterocycles. The summed E-state index contributed by atoms with van der Waals surface area (Å²) in [4.78, 5) is 40.0. The topological polar surface area (TPSA) is 120 Å². The summed E-state index contributed by atoms with van der Waals surface area (Å²) in [5.41, 5.74) is 5.12. The number of aryl methyl sites for hydroxylation is 1. The third kappa shape index (κ3) is 5.50. The summed E-state index contributed by atoms with van der Waals surface area (Å²) in [5, 5.41) is 5.08. The van der Waals surface area contributed by atoms with Gasteiger partial charge in [0.15, 0.2) is 22.8 Å². The van der Waals surface area contributed by atoms with Crippen molar-refractivity contribution in [1.82, 2.24) is 15.0 Å². The summed E-state index contributed by atoms with van der Waals surface area (Å²) < 4.78 is 16.7. The van der Waals surface area contributed by atoms with Gasteiger partial charge in [-0.25, -0.2) is 19.7 Å². The molecule has 0 aliphatic rings. The molecule has 0 spiro atoms. The highest BCUT2D eigenvalue weighted by Crippen LogP contribution is 2.32. The molecule has 1 N–H and O–H groups in total. The third-order valence-electron chi connectivity index (χ3n) is 6.40. The van der Waals surface area contributed by atoms with Crippen molar-refractivity contribution in [1.29, 1.82) is 0 Å². The minimum atomic E-state index is -1.00. The van der Waals surface area contributed by atoms with E-state index in [4.69, 9.17) is 23.5 Å². The molecule has 10 heteroatoms. The van der Waals surface area contributed by atoms with E-state index in [-0.39, 0.29) is 12.0 Å². The fourth-order valence-electron chi connectivity index (χ4n) is 4.24. The van der Waals surface area contributed by atoms with Gasteiger partial charge in [0.1, 0.15) is 11.4 Å². The lowest BCUT2D eigenvalue weighted by atomic mass is 10.1. The fraction of sp³-hybridized carbons (Fsp3) is 0.129. The molecule has 6 rings (SSSR count). The molecule has 2 aromatic carbocycles. The molecule has 0 aliphatic carbocycles. The summed E-state index contributed by atoms with van der Waals surface area (Å²) in [7, 11) is 0. The van der Waals surface area contributed by atoms with Crippen LogP contribution in [-0.2, 0) is 9.53 Å². The molecule has 4 heterocycles. The zero-order chi connectivity index (χ0) is 28.3. The first-order valence-corrected chi connectivity index (χ1v) is 13.8. The second-order valence-electron chi connectivity index (χ2n) is 9.27. The summed E-state index contributed by atoms with van der Waals surface area (Å²) in [6, 6.07) is 19.9. The molecule has 41 heavy (non-hydrogen) atoms. The van der Waals surface area contributed by atoms with Crippen LogP contribution in [0.1, 0.15) is 29.3 Å². The number of carbonyl (C=O) groups excluding carboxylic acids is 2. The highest BCUT2D eigenvalue weighted by Gasteiger charge is 2.24. The van der Waals surface area contributed by atoms with Gasteiger partial charge < -0.3 is 13.6 Å². The minimum Gasteiger partial charge on any atom is -0.463 e. The Morgan fingerprint density at radius 1 is 0.902 bits per heavy atom. The van der Waals surface area contributed by atoms with Crippen molar-refractivity contribution >= 4 is 39.4 Å². The summed E-state index contributed by atoms with van der Waals surface area (Å²) >= 11 is 1.31. The third-order valence-corrected chi connectivity index (χ3v) is 7.16. The molecule has 0 fully saturated rings. The number of amides is 1. The van der Waals surface area contributed by atoms with E-state index in [1.54, 1.807) is 61.9 Å². The lowest BCUT2D eigenvalue weighted by Gasteiger charge is -2.15. The van der Waals surface area contributed by atoms with Crippen LogP contribution in [0.4, 0.5) is 5.13 Å². The monoisotopic (exact) mass is 564 g/mol. The maximum Gasteiger partial charge on any atom is 0.338 e. The minimum absolute atomic E-state index is 0.241. The van der Waals surface area contributed by atoms with Crippen LogP contribution < -0.4 is 5.32 Å². The van der Waals surface area contributed by atoms with E-state index in [0.717, 1.165) is 16.8 Å². The first kappa shape index (κ1) is 26.1. The number of aromatic nitrogens is 3. The van der Waals surface area contributed by atoms with E-state index in [1.165, 1.54) is 11.3 Å². The average Bonchev–Trinajstić information content (AvgIpc) is 3.79. The molecule has 204 valence electrons. The van der Waals surface area contributed by atoms with E-state index >= 15 is 0 Å². The Balaban J connectivity index is 1.20. The van der Waals surface area contributed by atoms with E-state index in [9.17, 15) is 9.59 Å². The van der Waals surface area contributed by atoms with Gasteiger partial charge >= 0.3 is 5.97 Å². The van der Waals surface area contributed by atoms with E-state index in [2.05, 4.69) is 10.3 Å². The molecule has 1 atom stereocenters. The number of nitrogens with zero attached hydrogens (tertiary/aromatic N) is 3. The van der Waals surface area contributed by atoms with Gasteiger partial charge in [-0.05, 0) is 55.8 Å². The molecular formula is C31H24N4O5S. The van der Waals surface area contributed by atoms with Gasteiger partial charge in [-0.2, -0.15) is 0 Å². The van der Waals surface area contributed by atoms with Crippen molar-refractivity contribution < 1.29 is 23.2 Å². The van der Waals surface area contributed by atoms with Crippen molar-refractivity contribution in [2.45, 2.75) is 26.4 Å². The number of ether oxygens (including phenoxy) is 1. The lowest BCUT2D eigenvalue weighted by Crippen LogP contribution is -2.32. The number of hydrogen-bond donors (Lipinski definition) is 1. The molecule has 0 radical (unpaired) electrons. The fourth-order valence-corrected chi connectivity index (χ4v) is 4.97. The molecule has 1 unspecified atom stereocenters. The number of anilines is 1. The number of furan rings is 2. The van der Waals surface area contributed by atoms with E-state index < -0.39 is 18.0 Å². The molecule has 1 amide bonds. The normalized spacial score (nSPS) is 11.9.